The molecule has 1 amide bonds. The zero-order valence-corrected chi connectivity index (χ0v) is 18.9. The van der Waals surface area contributed by atoms with Crippen LogP contribution in [0.5, 0.6) is 11.5 Å². The van der Waals surface area contributed by atoms with E-state index in [1.54, 1.807) is 43.4 Å². The molecule has 3 rings (SSSR count). The van der Waals surface area contributed by atoms with Gasteiger partial charge >= 0.3 is 5.97 Å². The van der Waals surface area contributed by atoms with Crippen LogP contribution in [0.15, 0.2) is 50.8 Å². The van der Waals surface area contributed by atoms with Crippen LogP contribution >= 0.6 is 27.7 Å². The number of methoxy groups -OCH3 is 2. The average Bonchev–Trinajstić information content (AvgIpc) is 3.02. The van der Waals surface area contributed by atoms with Crippen LogP contribution in [-0.4, -0.2) is 47.8 Å². The van der Waals surface area contributed by atoms with Crippen LogP contribution in [-0.2, 0) is 4.79 Å². The molecule has 156 valence electrons. The minimum Gasteiger partial charge on any atom is -0.496 e. The Balaban J connectivity index is 1.99. The lowest BCUT2D eigenvalue weighted by Crippen LogP contribution is -2.28. The second-order valence-electron chi connectivity index (χ2n) is 6.14. The zero-order valence-electron chi connectivity index (χ0n) is 16.5. The maximum Gasteiger partial charge on any atom is 0.335 e. The van der Waals surface area contributed by atoms with E-state index in [1.807, 2.05) is 13.0 Å². The molecule has 0 aromatic heterocycles. The molecule has 0 spiro atoms. The smallest absolute Gasteiger partial charge is 0.335 e. The molecule has 0 unspecified atom stereocenters. The molecule has 1 fully saturated rings. The first kappa shape index (κ1) is 21.9. The number of rotatable bonds is 6. The number of aliphatic imine (C=N–C) groups is 1. The van der Waals surface area contributed by atoms with Gasteiger partial charge in [-0.1, -0.05) is 6.07 Å². The SMILES string of the molecule is CCN1C(=O)/C(=C/c2cc(Br)c(OC)cc2OC)SC1=Nc1cccc(C(=O)O)c1. The average molecular weight is 491 g/mol. The highest BCUT2D eigenvalue weighted by molar-refractivity contribution is 9.10. The Morgan fingerprint density at radius 2 is 1.97 bits per heavy atom. The van der Waals surface area contributed by atoms with Crippen LogP contribution in [0.4, 0.5) is 5.69 Å². The van der Waals surface area contributed by atoms with E-state index in [9.17, 15) is 14.7 Å². The standard InChI is InChI=1S/C21H19BrN2O5S/c1-4-24-19(25)18(10-13-9-15(22)17(29-3)11-16(13)28-2)30-21(24)23-14-7-5-6-12(8-14)20(26)27/h5-11H,4H2,1-3H3,(H,26,27)/b18-10-,23-21?. The number of halogens is 1. The summed E-state index contributed by atoms with van der Waals surface area (Å²) in [5.41, 5.74) is 1.32. The van der Waals surface area contributed by atoms with Crippen molar-refractivity contribution in [3.8, 4) is 11.5 Å². The highest BCUT2D eigenvalue weighted by atomic mass is 79.9. The molecular formula is C21H19BrN2O5S. The van der Waals surface area contributed by atoms with E-state index < -0.39 is 5.97 Å². The molecule has 0 radical (unpaired) electrons. The monoisotopic (exact) mass is 490 g/mol. The third kappa shape index (κ3) is 4.52. The van der Waals surface area contributed by atoms with Crippen molar-refractivity contribution in [1.82, 2.24) is 4.90 Å². The van der Waals surface area contributed by atoms with E-state index >= 15 is 0 Å². The summed E-state index contributed by atoms with van der Waals surface area (Å²) in [6.45, 7) is 2.29. The number of amides is 1. The third-order valence-electron chi connectivity index (χ3n) is 4.31. The van der Waals surface area contributed by atoms with Crippen molar-refractivity contribution in [3.63, 3.8) is 0 Å². The molecule has 9 heteroatoms. The summed E-state index contributed by atoms with van der Waals surface area (Å²) in [6.07, 6.45) is 1.74. The predicted octanol–water partition coefficient (Wildman–Crippen LogP) is 4.79. The number of hydrogen-bond acceptors (Lipinski definition) is 6. The van der Waals surface area contributed by atoms with Crippen LogP contribution in [0, 0.1) is 0 Å². The molecule has 1 aliphatic heterocycles. The van der Waals surface area contributed by atoms with Gasteiger partial charge in [0.2, 0.25) is 0 Å². The van der Waals surface area contributed by atoms with Crippen LogP contribution < -0.4 is 9.47 Å². The Bertz CT molecular complexity index is 1070. The van der Waals surface area contributed by atoms with Gasteiger partial charge in [0.05, 0.1) is 34.8 Å². The molecule has 1 N–H and O–H groups in total. The van der Waals surface area contributed by atoms with Gasteiger partial charge in [-0.2, -0.15) is 0 Å². The fraction of sp³-hybridized carbons (Fsp3) is 0.190. The van der Waals surface area contributed by atoms with Crippen molar-refractivity contribution in [2.24, 2.45) is 4.99 Å². The van der Waals surface area contributed by atoms with Crippen molar-refractivity contribution in [2.75, 3.05) is 20.8 Å². The summed E-state index contributed by atoms with van der Waals surface area (Å²) in [5.74, 6) is -0.0179. The molecule has 2 aromatic rings. The highest BCUT2D eigenvalue weighted by Gasteiger charge is 2.32. The molecule has 1 saturated heterocycles. The molecule has 1 aliphatic rings. The number of carbonyl (C=O) groups excluding carboxylic acids is 1. The molecule has 2 aromatic carbocycles. The van der Waals surface area contributed by atoms with E-state index in [0.717, 1.165) is 4.47 Å². The number of benzene rings is 2. The number of nitrogens with zero attached hydrogens (tertiary/aromatic N) is 2. The number of aromatic carboxylic acids is 1. The van der Waals surface area contributed by atoms with Crippen molar-refractivity contribution < 1.29 is 24.2 Å². The van der Waals surface area contributed by atoms with Crippen LogP contribution in [0.1, 0.15) is 22.8 Å². The van der Waals surface area contributed by atoms with Gasteiger partial charge in [-0.3, -0.25) is 9.69 Å². The van der Waals surface area contributed by atoms with Crippen molar-refractivity contribution in [1.29, 1.82) is 0 Å². The van der Waals surface area contributed by atoms with Crippen LogP contribution in [0.2, 0.25) is 0 Å². The van der Waals surface area contributed by atoms with Crippen molar-refractivity contribution >= 4 is 56.5 Å². The Kier molecular flexibility index (Phi) is 6.84. The quantitative estimate of drug-likeness (QED) is 0.585. The molecule has 0 saturated carbocycles. The number of thioether (sulfide) groups is 1. The predicted molar refractivity (Wildman–Crippen MR) is 121 cm³/mol. The highest BCUT2D eigenvalue weighted by Crippen LogP contribution is 2.38. The normalized spacial score (nSPS) is 16.4. The first-order chi connectivity index (χ1) is 14.4. The molecular weight excluding hydrogens is 472 g/mol. The second-order valence-corrected chi connectivity index (χ2v) is 8.00. The van der Waals surface area contributed by atoms with E-state index in [1.165, 1.54) is 23.9 Å². The van der Waals surface area contributed by atoms with Gasteiger partial charge in [-0.05, 0) is 65.0 Å². The molecule has 0 bridgehead atoms. The molecule has 0 aliphatic carbocycles. The third-order valence-corrected chi connectivity index (χ3v) is 5.94. The fourth-order valence-corrected chi connectivity index (χ4v) is 4.40. The topological polar surface area (TPSA) is 88.4 Å². The first-order valence-electron chi connectivity index (χ1n) is 8.93. The summed E-state index contributed by atoms with van der Waals surface area (Å²) in [7, 11) is 3.12. The fourth-order valence-electron chi connectivity index (χ4n) is 2.83. The number of carboxylic acid groups (broad SMARTS) is 1. The lowest BCUT2D eigenvalue weighted by atomic mass is 10.1. The largest absolute Gasteiger partial charge is 0.496 e. The van der Waals surface area contributed by atoms with Crippen LogP contribution in [0.3, 0.4) is 0 Å². The summed E-state index contributed by atoms with van der Waals surface area (Å²) in [4.78, 5) is 30.6. The molecule has 1 heterocycles. The van der Waals surface area contributed by atoms with Gasteiger partial charge in [-0.15, -0.1) is 0 Å². The number of carbonyl (C=O) groups is 2. The number of carboxylic acids is 1. The van der Waals surface area contributed by atoms with E-state index in [-0.39, 0.29) is 11.5 Å². The Labute approximate surface area is 186 Å². The number of hydrogen-bond donors (Lipinski definition) is 1. The van der Waals surface area contributed by atoms with Gasteiger partial charge in [-0.25, -0.2) is 9.79 Å². The van der Waals surface area contributed by atoms with Crippen molar-refractivity contribution in [2.45, 2.75) is 6.92 Å². The van der Waals surface area contributed by atoms with Gasteiger partial charge in [0, 0.05) is 18.2 Å². The van der Waals surface area contributed by atoms with Gasteiger partial charge in [0.15, 0.2) is 5.17 Å². The van der Waals surface area contributed by atoms with E-state index in [0.29, 0.717) is 39.4 Å². The van der Waals surface area contributed by atoms with Gasteiger partial charge < -0.3 is 14.6 Å². The summed E-state index contributed by atoms with van der Waals surface area (Å²) < 4.78 is 11.5. The zero-order chi connectivity index (χ0) is 21.8. The maximum atomic E-state index is 12.9. The summed E-state index contributed by atoms with van der Waals surface area (Å²) >= 11 is 4.68. The summed E-state index contributed by atoms with van der Waals surface area (Å²) in [6, 6.07) is 9.85. The Hall–Kier alpha value is -2.78. The van der Waals surface area contributed by atoms with Crippen LogP contribution in [0.25, 0.3) is 6.08 Å². The number of likely N-dealkylation sites (N-methyl/N-ethyl adjacent to an activating group) is 1. The second kappa shape index (κ2) is 9.36. The molecule has 0 atom stereocenters. The number of ether oxygens (including phenoxy) is 2. The minimum absolute atomic E-state index is 0.137. The molecule has 30 heavy (non-hydrogen) atoms. The Morgan fingerprint density at radius 1 is 1.23 bits per heavy atom. The summed E-state index contributed by atoms with van der Waals surface area (Å²) in [5, 5.41) is 9.66. The van der Waals surface area contributed by atoms with Gasteiger partial charge in [0.25, 0.3) is 5.91 Å². The lowest BCUT2D eigenvalue weighted by molar-refractivity contribution is -0.122. The molecule has 7 nitrogen and oxygen atoms in total. The minimum atomic E-state index is -1.03. The first-order valence-corrected chi connectivity index (χ1v) is 10.5. The van der Waals surface area contributed by atoms with E-state index in [2.05, 4.69) is 20.9 Å². The number of amidine groups is 1. The Morgan fingerprint density at radius 3 is 2.60 bits per heavy atom. The van der Waals surface area contributed by atoms with E-state index in [4.69, 9.17) is 9.47 Å². The lowest BCUT2D eigenvalue weighted by Gasteiger charge is -2.12. The van der Waals surface area contributed by atoms with Crippen molar-refractivity contribution in [3.05, 3.63) is 56.9 Å². The van der Waals surface area contributed by atoms with Gasteiger partial charge in [0.1, 0.15) is 11.5 Å². The maximum absolute atomic E-state index is 12.9.